The lowest BCUT2D eigenvalue weighted by Gasteiger charge is -2.29. The van der Waals surface area contributed by atoms with Crippen LogP contribution in [0, 0.1) is 17.7 Å². The number of aromatic nitrogens is 3. The molecule has 6 rings (SSSR count). The van der Waals surface area contributed by atoms with Gasteiger partial charge in [-0.15, -0.1) is 0 Å². The molecule has 2 fully saturated rings. The molecule has 8 heteroatoms. The zero-order chi connectivity index (χ0) is 28.3. The van der Waals surface area contributed by atoms with Crippen LogP contribution in [0.4, 0.5) is 4.39 Å². The summed E-state index contributed by atoms with van der Waals surface area (Å²) in [4.78, 5) is 39.4. The van der Waals surface area contributed by atoms with E-state index in [4.69, 9.17) is 0 Å². The first kappa shape index (κ1) is 27.2. The van der Waals surface area contributed by atoms with Gasteiger partial charge in [0.15, 0.2) is 0 Å². The monoisotopic (exact) mass is 553 g/mol. The zero-order valence-electron chi connectivity index (χ0n) is 23.4. The Morgan fingerprint density at radius 2 is 1.39 bits per heavy atom. The molecule has 2 saturated carbocycles. The summed E-state index contributed by atoms with van der Waals surface area (Å²) >= 11 is 0. The van der Waals surface area contributed by atoms with Gasteiger partial charge in [-0.05, 0) is 87.8 Å². The van der Waals surface area contributed by atoms with Gasteiger partial charge in [-0.1, -0.05) is 25.1 Å². The highest BCUT2D eigenvalue weighted by Gasteiger charge is 2.27. The third-order valence-electron chi connectivity index (χ3n) is 8.95. The number of rotatable bonds is 6. The van der Waals surface area contributed by atoms with Gasteiger partial charge >= 0.3 is 0 Å². The number of nitrogens with zero attached hydrogens (tertiary/aromatic N) is 3. The van der Waals surface area contributed by atoms with Gasteiger partial charge in [0, 0.05) is 35.4 Å². The molecule has 0 bridgehead atoms. The molecule has 3 aromatic heterocycles. The van der Waals surface area contributed by atoms with Gasteiger partial charge in [0.2, 0.25) is 0 Å². The maximum Gasteiger partial charge on any atom is 0.253 e. The van der Waals surface area contributed by atoms with Crippen molar-refractivity contribution < 1.29 is 14.0 Å². The normalized spacial score (nSPS) is 22.9. The van der Waals surface area contributed by atoms with Crippen LogP contribution in [-0.2, 0) is 6.42 Å². The number of pyridine rings is 3. The predicted octanol–water partition coefficient (Wildman–Crippen LogP) is 6.16. The SMILES string of the molecule is CC1CCC(NC(=O)c2ccnc3c(CC4CCC(NC(=O)c5cccc6cccnc56)CC4)c(F)cnc23)CC1. The zero-order valence-corrected chi connectivity index (χ0v) is 23.4. The third kappa shape index (κ3) is 5.92. The van der Waals surface area contributed by atoms with Gasteiger partial charge in [-0.2, -0.15) is 0 Å². The van der Waals surface area contributed by atoms with E-state index >= 15 is 4.39 Å². The number of carbonyl (C=O) groups excluding carboxylic acids is 2. The second-order valence-corrected chi connectivity index (χ2v) is 11.8. The Balaban J connectivity index is 1.11. The fraction of sp³-hybridized carbons (Fsp3) is 0.424. The first-order valence-corrected chi connectivity index (χ1v) is 14.8. The van der Waals surface area contributed by atoms with E-state index in [1.807, 2.05) is 30.3 Å². The van der Waals surface area contributed by atoms with E-state index in [9.17, 15) is 9.59 Å². The molecule has 0 saturated heterocycles. The second-order valence-electron chi connectivity index (χ2n) is 11.8. The summed E-state index contributed by atoms with van der Waals surface area (Å²) in [6.07, 6.45) is 12.6. The molecule has 2 aliphatic rings. The number of nitrogens with one attached hydrogen (secondary N) is 2. The van der Waals surface area contributed by atoms with Gasteiger partial charge in [0.1, 0.15) is 11.3 Å². The highest BCUT2D eigenvalue weighted by Crippen LogP contribution is 2.31. The van der Waals surface area contributed by atoms with Crippen molar-refractivity contribution in [3.8, 4) is 0 Å². The molecule has 0 unspecified atom stereocenters. The van der Waals surface area contributed by atoms with E-state index in [-0.39, 0.29) is 35.6 Å². The first-order chi connectivity index (χ1) is 20.0. The fourth-order valence-electron chi connectivity index (χ4n) is 6.51. The molecule has 0 aliphatic heterocycles. The van der Waals surface area contributed by atoms with E-state index in [2.05, 4.69) is 32.5 Å². The average molecular weight is 554 g/mol. The minimum Gasteiger partial charge on any atom is -0.349 e. The summed E-state index contributed by atoms with van der Waals surface area (Å²) in [6, 6.07) is 11.4. The van der Waals surface area contributed by atoms with Crippen LogP contribution in [0.1, 0.15) is 84.6 Å². The number of amides is 2. The Bertz CT molecular complexity index is 1570. The summed E-state index contributed by atoms with van der Waals surface area (Å²) in [5.41, 5.74) is 3.17. The molecule has 0 spiro atoms. The van der Waals surface area contributed by atoms with Crippen LogP contribution in [0.3, 0.4) is 0 Å². The Morgan fingerprint density at radius 3 is 2.12 bits per heavy atom. The van der Waals surface area contributed by atoms with Crippen molar-refractivity contribution in [3.63, 3.8) is 0 Å². The Hall–Kier alpha value is -3.94. The summed E-state index contributed by atoms with van der Waals surface area (Å²) in [5.74, 6) is 0.292. The van der Waals surface area contributed by atoms with Crippen molar-refractivity contribution in [2.75, 3.05) is 0 Å². The largest absolute Gasteiger partial charge is 0.349 e. The van der Waals surface area contributed by atoms with E-state index in [0.29, 0.717) is 45.6 Å². The highest BCUT2D eigenvalue weighted by molar-refractivity contribution is 6.06. The van der Waals surface area contributed by atoms with E-state index < -0.39 is 0 Å². The number of para-hydroxylation sites is 1. The van der Waals surface area contributed by atoms with Crippen molar-refractivity contribution in [3.05, 3.63) is 77.5 Å². The summed E-state index contributed by atoms with van der Waals surface area (Å²) in [5, 5.41) is 7.29. The minimum atomic E-state index is -0.386. The molecular formula is C33H36FN5O2. The van der Waals surface area contributed by atoms with Crippen LogP contribution in [0.25, 0.3) is 21.9 Å². The molecule has 0 atom stereocenters. The number of halogens is 1. The fourth-order valence-corrected chi connectivity index (χ4v) is 6.51. The predicted molar refractivity (Wildman–Crippen MR) is 157 cm³/mol. The molecule has 7 nitrogen and oxygen atoms in total. The quantitative estimate of drug-likeness (QED) is 0.298. The summed E-state index contributed by atoms with van der Waals surface area (Å²) < 4.78 is 15.1. The molecule has 4 aromatic rings. The van der Waals surface area contributed by atoms with E-state index in [0.717, 1.165) is 56.8 Å². The van der Waals surface area contributed by atoms with Gasteiger partial charge in [-0.3, -0.25) is 24.5 Å². The Kier molecular flexibility index (Phi) is 7.90. The molecule has 41 heavy (non-hydrogen) atoms. The van der Waals surface area contributed by atoms with Crippen LogP contribution in [-0.4, -0.2) is 38.8 Å². The number of hydrogen-bond acceptors (Lipinski definition) is 5. The molecule has 212 valence electrons. The van der Waals surface area contributed by atoms with E-state index in [1.165, 1.54) is 6.20 Å². The maximum atomic E-state index is 15.1. The van der Waals surface area contributed by atoms with Crippen LogP contribution in [0.15, 0.2) is 55.0 Å². The van der Waals surface area contributed by atoms with E-state index in [1.54, 1.807) is 18.5 Å². The topological polar surface area (TPSA) is 96.9 Å². The standard InChI is InChI=1S/C33H36FN5O2/c1-20-7-11-23(12-8-20)38-33(41)26-15-17-36-31-27(28(34)19-37-30(26)31)18-21-9-13-24(14-10-21)39-32(40)25-6-2-4-22-5-3-16-35-29(22)25/h2-6,15-17,19-21,23-24H,7-14,18H2,1H3,(H,38,41)(H,39,40). The van der Waals surface area contributed by atoms with Crippen molar-refractivity contribution in [1.29, 1.82) is 0 Å². The molecule has 1 aromatic carbocycles. The molecule has 2 aliphatic carbocycles. The van der Waals surface area contributed by atoms with Crippen LogP contribution in [0.5, 0.6) is 0 Å². The molecule has 2 N–H and O–H groups in total. The van der Waals surface area contributed by atoms with Crippen molar-refractivity contribution >= 4 is 33.8 Å². The Labute approximate surface area is 239 Å². The van der Waals surface area contributed by atoms with Gasteiger partial charge < -0.3 is 10.6 Å². The lowest BCUT2D eigenvalue weighted by Crippen LogP contribution is -2.38. The average Bonchev–Trinajstić information content (AvgIpc) is 3.00. The van der Waals surface area contributed by atoms with Crippen LogP contribution < -0.4 is 10.6 Å². The lowest BCUT2D eigenvalue weighted by molar-refractivity contribution is 0.0915. The number of benzene rings is 1. The van der Waals surface area contributed by atoms with Crippen LogP contribution in [0.2, 0.25) is 0 Å². The molecular weight excluding hydrogens is 517 g/mol. The molecule has 0 radical (unpaired) electrons. The third-order valence-corrected chi connectivity index (χ3v) is 8.95. The summed E-state index contributed by atoms with van der Waals surface area (Å²) in [7, 11) is 0. The maximum absolute atomic E-state index is 15.1. The summed E-state index contributed by atoms with van der Waals surface area (Å²) in [6.45, 7) is 2.25. The van der Waals surface area contributed by atoms with Crippen LogP contribution >= 0.6 is 0 Å². The number of fused-ring (bicyclic) bond motifs is 2. The van der Waals surface area contributed by atoms with Crippen molar-refractivity contribution in [2.45, 2.75) is 76.8 Å². The molecule has 2 amide bonds. The van der Waals surface area contributed by atoms with Gasteiger partial charge in [0.25, 0.3) is 11.8 Å². The highest BCUT2D eigenvalue weighted by atomic mass is 19.1. The Morgan fingerprint density at radius 1 is 0.756 bits per heavy atom. The first-order valence-electron chi connectivity index (χ1n) is 14.8. The molecule has 3 heterocycles. The smallest absolute Gasteiger partial charge is 0.253 e. The second kappa shape index (κ2) is 11.9. The van der Waals surface area contributed by atoms with Gasteiger partial charge in [-0.25, -0.2) is 4.39 Å². The van der Waals surface area contributed by atoms with Gasteiger partial charge in [0.05, 0.1) is 28.4 Å². The van der Waals surface area contributed by atoms with Crippen molar-refractivity contribution in [1.82, 2.24) is 25.6 Å². The number of hydrogen-bond donors (Lipinski definition) is 2. The minimum absolute atomic E-state index is 0.0629. The number of carbonyl (C=O) groups is 2. The lowest BCUT2D eigenvalue weighted by atomic mass is 9.82. The van der Waals surface area contributed by atoms with Crippen molar-refractivity contribution in [2.24, 2.45) is 11.8 Å².